The lowest BCUT2D eigenvalue weighted by molar-refractivity contribution is -0.384. The summed E-state index contributed by atoms with van der Waals surface area (Å²) >= 11 is 0. The van der Waals surface area contributed by atoms with Gasteiger partial charge in [-0.1, -0.05) is 0 Å². The molecule has 0 saturated carbocycles. The summed E-state index contributed by atoms with van der Waals surface area (Å²) in [5.74, 6) is -0.310. The van der Waals surface area contributed by atoms with Crippen molar-refractivity contribution < 1.29 is 14.5 Å². The maximum absolute atomic E-state index is 12.1. The first kappa shape index (κ1) is 21.1. The molecule has 1 amide bonds. The molecule has 150 valence electrons. The molecular formula is C19H30N4O4. The molecule has 0 radical (unpaired) electrons. The van der Waals surface area contributed by atoms with Crippen LogP contribution < -0.4 is 10.6 Å². The molecule has 0 bridgehead atoms. The number of nitrogens with zero attached hydrogens (tertiary/aromatic N) is 2. The Balaban J connectivity index is 1.91. The zero-order valence-corrected chi connectivity index (χ0v) is 16.5. The van der Waals surface area contributed by atoms with Crippen LogP contribution in [0, 0.1) is 10.1 Å². The molecule has 1 aliphatic heterocycles. The second-order valence-corrected chi connectivity index (χ2v) is 7.41. The van der Waals surface area contributed by atoms with Crippen molar-refractivity contribution in [3.8, 4) is 0 Å². The van der Waals surface area contributed by atoms with Gasteiger partial charge in [-0.15, -0.1) is 0 Å². The number of ether oxygens (including phenoxy) is 1. The van der Waals surface area contributed by atoms with Crippen LogP contribution in [0.2, 0.25) is 0 Å². The zero-order chi connectivity index (χ0) is 20.0. The van der Waals surface area contributed by atoms with E-state index in [2.05, 4.69) is 29.4 Å². The summed E-state index contributed by atoms with van der Waals surface area (Å²) < 4.78 is 5.72. The van der Waals surface area contributed by atoms with Gasteiger partial charge in [-0.05, 0) is 46.2 Å². The summed E-state index contributed by atoms with van der Waals surface area (Å²) in [4.78, 5) is 25.3. The minimum absolute atomic E-state index is 0.0278. The van der Waals surface area contributed by atoms with Crippen LogP contribution in [0.4, 0.5) is 11.4 Å². The summed E-state index contributed by atoms with van der Waals surface area (Å²) in [6.07, 6.45) is 1.33. The van der Waals surface area contributed by atoms with E-state index in [-0.39, 0.29) is 35.4 Å². The average molecular weight is 378 g/mol. The number of benzene rings is 1. The molecule has 8 heteroatoms. The van der Waals surface area contributed by atoms with E-state index in [1.54, 1.807) is 12.1 Å². The second-order valence-electron chi connectivity index (χ2n) is 7.41. The number of rotatable bonds is 8. The zero-order valence-electron chi connectivity index (χ0n) is 16.5. The van der Waals surface area contributed by atoms with Crippen molar-refractivity contribution in [3.05, 3.63) is 33.9 Å². The SMILES string of the molecule is CC(C)NC(=O)c1ccc(NCCCN2C[C@@H](C)O[C@@H](C)C2)c([N+](=O)[O-])c1. The third-order valence-corrected chi connectivity index (χ3v) is 4.34. The Hall–Kier alpha value is -2.19. The smallest absolute Gasteiger partial charge is 0.293 e. The highest BCUT2D eigenvalue weighted by Crippen LogP contribution is 2.25. The highest BCUT2D eigenvalue weighted by atomic mass is 16.6. The van der Waals surface area contributed by atoms with Gasteiger partial charge >= 0.3 is 0 Å². The Morgan fingerprint density at radius 3 is 2.59 bits per heavy atom. The number of nitro groups is 1. The molecule has 8 nitrogen and oxygen atoms in total. The summed E-state index contributed by atoms with van der Waals surface area (Å²) in [5, 5.41) is 17.3. The van der Waals surface area contributed by atoms with Crippen LogP contribution in [-0.2, 0) is 4.74 Å². The normalized spacial score (nSPS) is 20.5. The number of carbonyl (C=O) groups excluding carboxylic acids is 1. The van der Waals surface area contributed by atoms with Gasteiger partial charge in [-0.3, -0.25) is 19.8 Å². The molecule has 1 saturated heterocycles. The molecule has 2 atom stereocenters. The third kappa shape index (κ3) is 6.48. The highest BCUT2D eigenvalue weighted by molar-refractivity contribution is 5.95. The first-order chi connectivity index (χ1) is 12.8. The monoisotopic (exact) mass is 378 g/mol. The number of nitrogens with one attached hydrogen (secondary N) is 2. The Bertz CT molecular complexity index is 655. The molecule has 27 heavy (non-hydrogen) atoms. The van der Waals surface area contributed by atoms with Gasteiger partial charge in [0.2, 0.25) is 0 Å². The molecule has 1 fully saturated rings. The van der Waals surface area contributed by atoms with Gasteiger partial charge in [0.15, 0.2) is 0 Å². The number of morpholine rings is 1. The van der Waals surface area contributed by atoms with E-state index in [4.69, 9.17) is 4.74 Å². The molecule has 0 aliphatic carbocycles. The van der Waals surface area contributed by atoms with Crippen molar-refractivity contribution >= 4 is 17.3 Å². The minimum Gasteiger partial charge on any atom is -0.379 e. The van der Waals surface area contributed by atoms with E-state index in [0.717, 1.165) is 26.1 Å². The molecular weight excluding hydrogens is 348 g/mol. The van der Waals surface area contributed by atoms with Gasteiger partial charge < -0.3 is 15.4 Å². The second kappa shape index (κ2) is 9.66. The molecule has 0 spiro atoms. The number of hydrogen-bond acceptors (Lipinski definition) is 6. The lowest BCUT2D eigenvalue weighted by Crippen LogP contribution is -2.45. The number of carbonyl (C=O) groups is 1. The number of amides is 1. The van der Waals surface area contributed by atoms with Gasteiger partial charge in [0.05, 0.1) is 17.1 Å². The van der Waals surface area contributed by atoms with Crippen molar-refractivity contribution in [3.63, 3.8) is 0 Å². The van der Waals surface area contributed by atoms with Gasteiger partial charge in [0, 0.05) is 43.9 Å². The molecule has 1 aromatic carbocycles. The lowest BCUT2D eigenvalue weighted by Gasteiger charge is -2.35. The molecule has 1 heterocycles. The minimum atomic E-state index is -0.459. The van der Waals surface area contributed by atoms with Gasteiger partial charge in [0.1, 0.15) is 5.69 Å². The van der Waals surface area contributed by atoms with E-state index < -0.39 is 4.92 Å². The van der Waals surface area contributed by atoms with Gasteiger partial charge in [0.25, 0.3) is 11.6 Å². The summed E-state index contributed by atoms with van der Waals surface area (Å²) in [7, 11) is 0. The van der Waals surface area contributed by atoms with Crippen LogP contribution in [0.5, 0.6) is 0 Å². The fraction of sp³-hybridized carbons (Fsp3) is 0.632. The molecule has 0 unspecified atom stereocenters. The predicted octanol–water partition coefficient (Wildman–Crippen LogP) is 2.64. The highest BCUT2D eigenvalue weighted by Gasteiger charge is 2.22. The first-order valence-electron chi connectivity index (χ1n) is 9.47. The molecule has 1 aliphatic rings. The van der Waals surface area contributed by atoms with Crippen molar-refractivity contribution in [1.29, 1.82) is 0 Å². The van der Waals surface area contributed by atoms with Gasteiger partial charge in [-0.25, -0.2) is 0 Å². The molecule has 0 aromatic heterocycles. The predicted molar refractivity (Wildman–Crippen MR) is 105 cm³/mol. The van der Waals surface area contributed by atoms with Crippen molar-refractivity contribution in [1.82, 2.24) is 10.2 Å². The van der Waals surface area contributed by atoms with E-state index in [0.29, 0.717) is 12.2 Å². The van der Waals surface area contributed by atoms with Crippen LogP contribution in [-0.4, -0.2) is 60.2 Å². The standard InChI is InChI=1S/C19H30N4O4/c1-13(2)21-19(24)16-6-7-17(18(10-16)23(25)26)20-8-5-9-22-11-14(3)27-15(4)12-22/h6-7,10,13-15,20H,5,8-9,11-12H2,1-4H3,(H,21,24)/t14-,15+. The lowest BCUT2D eigenvalue weighted by atomic mass is 10.1. The Morgan fingerprint density at radius 1 is 1.33 bits per heavy atom. The number of anilines is 1. The Labute approximate surface area is 160 Å². The van der Waals surface area contributed by atoms with E-state index >= 15 is 0 Å². The summed E-state index contributed by atoms with van der Waals surface area (Å²) in [5.41, 5.74) is 0.641. The van der Waals surface area contributed by atoms with Crippen LogP contribution in [0.3, 0.4) is 0 Å². The quantitative estimate of drug-likeness (QED) is 0.410. The molecule has 1 aromatic rings. The average Bonchev–Trinajstić information content (AvgIpc) is 2.57. The maximum Gasteiger partial charge on any atom is 0.293 e. The number of hydrogen-bond donors (Lipinski definition) is 2. The van der Waals surface area contributed by atoms with Crippen molar-refractivity contribution in [2.45, 2.75) is 52.4 Å². The van der Waals surface area contributed by atoms with Crippen LogP contribution in [0.1, 0.15) is 44.5 Å². The van der Waals surface area contributed by atoms with Crippen molar-refractivity contribution in [2.24, 2.45) is 0 Å². The Morgan fingerprint density at radius 2 is 2.00 bits per heavy atom. The fourth-order valence-corrected chi connectivity index (χ4v) is 3.31. The maximum atomic E-state index is 12.1. The van der Waals surface area contributed by atoms with Crippen molar-refractivity contribution in [2.75, 3.05) is 31.5 Å². The topological polar surface area (TPSA) is 96.7 Å². The molecule has 2 rings (SSSR count). The van der Waals surface area contributed by atoms with Crippen LogP contribution >= 0.6 is 0 Å². The molecule has 2 N–H and O–H groups in total. The van der Waals surface area contributed by atoms with E-state index in [1.807, 2.05) is 13.8 Å². The van der Waals surface area contributed by atoms with Crippen LogP contribution in [0.25, 0.3) is 0 Å². The van der Waals surface area contributed by atoms with E-state index in [9.17, 15) is 14.9 Å². The first-order valence-corrected chi connectivity index (χ1v) is 9.47. The summed E-state index contributed by atoms with van der Waals surface area (Å²) in [6.45, 7) is 11.2. The fourth-order valence-electron chi connectivity index (χ4n) is 3.31. The van der Waals surface area contributed by atoms with E-state index in [1.165, 1.54) is 6.07 Å². The van der Waals surface area contributed by atoms with Gasteiger partial charge in [-0.2, -0.15) is 0 Å². The number of nitro benzene ring substituents is 1. The summed E-state index contributed by atoms with van der Waals surface area (Å²) in [6, 6.07) is 4.51. The Kier molecular flexibility index (Phi) is 7.55. The largest absolute Gasteiger partial charge is 0.379 e. The third-order valence-electron chi connectivity index (χ3n) is 4.34. The van der Waals surface area contributed by atoms with Crippen LogP contribution in [0.15, 0.2) is 18.2 Å².